The maximum atomic E-state index is 13.1. The van der Waals surface area contributed by atoms with Crippen LogP contribution in [0.2, 0.25) is 0 Å². The molecule has 0 aliphatic rings. The summed E-state index contributed by atoms with van der Waals surface area (Å²) in [7, 11) is 0. The van der Waals surface area contributed by atoms with Gasteiger partial charge in [-0.2, -0.15) is 0 Å². The van der Waals surface area contributed by atoms with Crippen LogP contribution in [-0.4, -0.2) is 11.1 Å². The van der Waals surface area contributed by atoms with E-state index in [9.17, 15) is 13.6 Å². The number of hydrogen-bond donors (Lipinski definition) is 1. The average molecular weight is 240 g/mol. The van der Waals surface area contributed by atoms with Crippen LogP contribution in [0.15, 0.2) is 24.3 Å². The van der Waals surface area contributed by atoms with E-state index in [-0.39, 0.29) is 6.42 Å². The van der Waals surface area contributed by atoms with Crippen LogP contribution in [0.25, 0.3) is 5.57 Å². The van der Waals surface area contributed by atoms with Gasteiger partial charge in [-0.05, 0) is 29.7 Å². The molecule has 17 heavy (non-hydrogen) atoms. The van der Waals surface area contributed by atoms with Gasteiger partial charge in [0, 0.05) is 0 Å². The largest absolute Gasteiger partial charge is 0.481 e. The zero-order valence-electron chi connectivity index (χ0n) is 9.54. The Bertz CT molecular complexity index is 439. The Kier molecular flexibility index (Phi) is 4.82. The molecule has 0 atom stereocenters. The number of carboxylic acids is 1. The highest BCUT2D eigenvalue weighted by Crippen LogP contribution is 2.22. The van der Waals surface area contributed by atoms with E-state index in [1.54, 1.807) is 6.08 Å². The molecule has 0 spiro atoms. The molecule has 92 valence electrons. The Morgan fingerprint density at radius 3 is 2.59 bits per heavy atom. The predicted octanol–water partition coefficient (Wildman–Crippen LogP) is 3.62. The monoisotopic (exact) mass is 240 g/mol. The summed E-state index contributed by atoms with van der Waals surface area (Å²) >= 11 is 0. The number of benzene rings is 1. The normalized spacial score (nSPS) is 11.6. The Balaban J connectivity index is 3.00. The lowest BCUT2D eigenvalue weighted by Gasteiger charge is -2.06. The Hall–Kier alpha value is -1.71. The van der Waals surface area contributed by atoms with Crippen molar-refractivity contribution >= 4 is 11.5 Å². The zero-order valence-corrected chi connectivity index (χ0v) is 9.54. The molecule has 0 aliphatic carbocycles. The van der Waals surface area contributed by atoms with E-state index >= 15 is 0 Å². The molecule has 0 saturated carbocycles. The standard InChI is InChI=1S/C13H14F2O2/c1-2-3-9(5-7-13(16)17)10-4-6-11(14)12(15)8-10/h4-6,8H,2-3,7H2,1H3,(H,16,17)/b9-5+. The molecule has 2 nitrogen and oxygen atoms in total. The Morgan fingerprint density at radius 2 is 2.06 bits per heavy atom. The van der Waals surface area contributed by atoms with Crippen molar-refractivity contribution in [2.45, 2.75) is 26.2 Å². The summed E-state index contributed by atoms with van der Waals surface area (Å²) in [6.45, 7) is 1.94. The van der Waals surface area contributed by atoms with Crippen LogP contribution in [0, 0.1) is 11.6 Å². The van der Waals surface area contributed by atoms with E-state index in [0.717, 1.165) is 24.1 Å². The summed E-state index contributed by atoms with van der Waals surface area (Å²) in [4.78, 5) is 10.5. The highest BCUT2D eigenvalue weighted by atomic mass is 19.2. The number of carbonyl (C=O) groups is 1. The summed E-state index contributed by atoms with van der Waals surface area (Å²) in [5, 5.41) is 8.60. The lowest BCUT2D eigenvalue weighted by molar-refractivity contribution is -0.135. The van der Waals surface area contributed by atoms with Gasteiger partial charge in [-0.3, -0.25) is 4.79 Å². The van der Waals surface area contributed by atoms with Crippen molar-refractivity contribution in [3.8, 4) is 0 Å². The molecule has 1 aromatic rings. The van der Waals surface area contributed by atoms with E-state index in [0.29, 0.717) is 12.0 Å². The first-order valence-electron chi connectivity index (χ1n) is 5.40. The van der Waals surface area contributed by atoms with Crippen LogP contribution in [0.5, 0.6) is 0 Å². The molecule has 1 rings (SSSR count). The molecule has 4 heteroatoms. The summed E-state index contributed by atoms with van der Waals surface area (Å²) < 4.78 is 25.8. The lowest BCUT2D eigenvalue weighted by atomic mass is 10.00. The fourth-order valence-electron chi connectivity index (χ4n) is 1.54. The van der Waals surface area contributed by atoms with Gasteiger partial charge >= 0.3 is 5.97 Å². The van der Waals surface area contributed by atoms with Crippen LogP contribution in [-0.2, 0) is 4.79 Å². The van der Waals surface area contributed by atoms with E-state index in [2.05, 4.69) is 0 Å². The van der Waals surface area contributed by atoms with Gasteiger partial charge in [0.2, 0.25) is 0 Å². The molecule has 0 radical (unpaired) electrons. The van der Waals surface area contributed by atoms with Crippen LogP contribution in [0.3, 0.4) is 0 Å². The molecule has 0 heterocycles. The third-order valence-electron chi connectivity index (χ3n) is 2.33. The molecule has 1 aromatic carbocycles. The second-order valence-electron chi connectivity index (χ2n) is 3.71. The van der Waals surface area contributed by atoms with E-state index in [4.69, 9.17) is 5.11 Å². The van der Waals surface area contributed by atoms with Crippen molar-refractivity contribution in [1.82, 2.24) is 0 Å². The highest BCUT2D eigenvalue weighted by Gasteiger charge is 2.07. The quantitative estimate of drug-likeness (QED) is 0.853. The van der Waals surface area contributed by atoms with Gasteiger partial charge in [0.15, 0.2) is 11.6 Å². The zero-order chi connectivity index (χ0) is 12.8. The molecule has 0 unspecified atom stereocenters. The van der Waals surface area contributed by atoms with Crippen LogP contribution >= 0.6 is 0 Å². The summed E-state index contributed by atoms with van der Waals surface area (Å²) in [6.07, 6.45) is 2.87. The van der Waals surface area contributed by atoms with Gasteiger partial charge in [-0.25, -0.2) is 8.78 Å². The van der Waals surface area contributed by atoms with Crippen molar-refractivity contribution in [1.29, 1.82) is 0 Å². The smallest absolute Gasteiger partial charge is 0.307 e. The maximum absolute atomic E-state index is 13.1. The second kappa shape index (κ2) is 6.13. The van der Waals surface area contributed by atoms with E-state index in [1.165, 1.54) is 6.07 Å². The van der Waals surface area contributed by atoms with Gasteiger partial charge in [0.1, 0.15) is 0 Å². The van der Waals surface area contributed by atoms with E-state index in [1.807, 2.05) is 6.92 Å². The lowest BCUT2D eigenvalue weighted by Crippen LogP contribution is -1.94. The number of aliphatic carboxylic acids is 1. The fourth-order valence-corrected chi connectivity index (χ4v) is 1.54. The minimum absolute atomic E-state index is 0.117. The van der Waals surface area contributed by atoms with Gasteiger partial charge in [-0.15, -0.1) is 0 Å². The third-order valence-corrected chi connectivity index (χ3v) is 2.33. The SMILES string of the molecule is CCC/C(=C\CC(=O)O)c1ccc(F)c(F)c1. The minimum atomic E-state index is -0.943. The molecule has 0 amide bonds. The average Bonchev–Trinajstić information content (AvgIpc) is 2.28. The second-order valence-corrected chi connectivity index (χ2v) is 3.71. The number of carboxylic acid groups (broad SMARTS) is 1. The molecule has 0 saturated heterocycles. The number of rotatable bonds is 5. The number of halogens is 2. The topological polar surface area (TPSA) is 37.3 Å². The Morgan fingerprint density at radius 1 is 1.35 bits per heavy atom. The summed E-state index contributed by atoms with van der Waals surface area (Å²) in [6, 6.07) is 3.61. The first kappa shape index (κ1) is 13.4. The van der Waals surface area contributed by atoms with Crippen molar-refractivity contribution in [2.75, 3.05) is 0 Å². The first-order valence-corrected chi connectivity index (χ1v) is 5.40. The van der Waals surface area contributed by atoms with Gasteiger partial charge in [0.05, 0.1) is 6.42 Å². The Labute approximate surface area is 98.6 Å². The predicted molar refractivity (Wildman–Crippen MR) is 61.5 cm³/mol. The molecule has 0 aliphatic heterocycles. The van der Waals surface area contributed by atoms with Gasteiger partial charge in [0.25, 0.3) is 0 Å². The van der Waals surface area contributed by atoms with Crippen molar-refractivity contribution < 1.29 is 18.7 Å². The van der Waals surface area contributed by atoms with Gasteiger partial charge < -0.3 is 5.11 Å². The van der Waals surface area contributed by atoms with Crippen molar-refractivity contribution in [3.05, 3.63) is 41.5 Å². The number of hydrogen-bond acceptors (Lipinski definition) is 1. The first-order chi connectivity index (χ1) is 8.04. The molecule has 0 fully saturated rings. The fraction of sp³-hybridized carbons (Fsp3) is 0.308. The molecular weight excluding hydrogens is 226 g/mol. The maximum Gasteiger partial charge on any atom is 0.307 e. The molecular formula is C13H14F2O2. The van der Waals surface area contributed by atoms with Crippen molar-refractivity contribution in [2.24, 2.45) is 0 Å². The van der Waals surface area contributed by atoms with Crippen LogP contribution in [0.1, 0.15) is 31.7 Å². The molecule has 1 N–H and O–H groups in total. The molecule has 0 bridgehead atoms. The highest BCUT2D eigenvalue weighted by molar-refractivity contribution is 5.74. The van der Waals surface area contributed by atoms with Crippen LogP contribution < -0.4 is 0 Å². The molecule has 0 aromatic heterocycles. The van der Waals surface area contributed by atoms with Gasteiger partial charge in [-0.1, -0.05) is 25.5 Å². The van der Waals surface area contributed by atoms with Crippen LogP contribution in [0.4, 0.5) is 8.78 Å². The summed E-state index contributed by atoms with van der Waals surface area (Å²) in [5.41, 5.74) is 1.26. The third kappa shape index (κ3) is 3.98. The van der Waals surface area contributed by atoms with Crippen molar-refractivity contribution in [3.63, 3.8) is 0 Å². The van der Waals surface area contributed by atoms with E-state index < -0.39 is 17.6 Å². The summed E-state index contributed by atoms with van der Waals surface area (Å²) in [5.74, 6) is -2.76. The minimum Gasteiger partial charge on any atom is -0.481 e. The number of allylic oxidation sites excluding steroid dienone is 1.